The van der Waals surface area contributed by atoms with Crippen molar-refractivity contribution in [3.05, 3.63) is 36.1 Å². The molecule has 0 amide bonds. The second-order valence-electron chi connectivity index (χ2n) is 5.41. The van der Waals surface area contributed by atoms with Crippen LogP contribution in [-0.2, 0) is 4.74 Å². The first-order valence-electron chi connectivity index (χ1n) is 6.55. The summed E-state index contributed by atoms with van der Waals surface area (Å²) in [5.74, 6) is 6.52. The van der Waals surface area contributed by atoms with Gasteiger partial charge >= 0.3 is 0 Å². The van der Waals surface area contributed by atoms with Gasteiger partial charge in [-0.15, -0.1) is 0 Å². The minimum atomic E-state index is -0.152. The van der Waals surface area contributed by atoms with E-state index in [1.54, 1.807) is 7.11 Å². The highest BCUT2D eigenvalue weighted by atomic mass is 16.5. The van der Waals surface area contributed by atoms with Crippen LogP contribution in [0.5, 0.6) is 0 Å². The molecule has 0 fully saturated rings. The number of furan rings is 1. The van der Waals surface area contributed by atoms with Crippen LogP contribution in [0.1, 0.15) is 38.5 Å². The highest BCUT2D eigenvalue weighted by Gasteiger charge is 2.21. The lowest BCUT2D eigenvalue weighted by atomic mass is 9.98. The minimum absolute atomic E-state index is 0.00169. The van der Waals surface area contributed by atoms with E-state index in [1.807, 2.05) is 30.3 Å². The normalized spacial score (nSPS) is 13.9. The Morgan fingerprint density at radius 3 is 2.74 bits per heavy atom. The predicted molar refractivity (Wildman–Crippen MR) is 76.6 cm³/mol. The number of para-hydroxylation sites is 1. The summed E-state index contributed by atoms with van der Waals surface area (Å²) in [7, 11) is 1.73. The summed E-state index contributed by atoms with van der Waals surface area (Å²) in [6, 6.07) is 10.0. The second-order valence-corrected chi connectivity index (χ2v) is 5.41. The Bertz CT molecular complexity index is 501. The van der Waals surface area contributed by atoms with Crippen LogP contribution in [0, 0.1) is 0 Å². The molecule has 1 aromatic heterocycles. The van der Waals surface area contributed by atoms with E-state index in [1.165, 1.54) is 0 Å². The SMILES string of the molecule is COC(C)(C)CCC(NN)c1cc2ccccc2o1. The van der Waals surface area contributed by atoms with Gasteiger partial charge in [-0.25, -0.2) is 5.43 Å². The van der Waals surface area contributed by atoms with Crippen LogP contribution in [0.4, 0.5) is 0 Å². The average Bonchev–Trinajstić information content (AvgIpc) is 2.83. The van der Waals surface area contributed by atoms with Crippen LogP contribution >= 0.6 is 0 Å². The molecule has 4 heteroatoms. The van der Waals surface area contributed by atoms with Gasteiger partial charge in [-0.2, -0.15) is 0 Å². The van der Waals surface area contributed by atoms with Gasteiger partial charge in [0, 0.05) is 12.5 Å². The number of nitrogens with one attached hydrogen (secondary N) is 1. The van der Waals surface area contributed by atoms with Crippen molar-refractivity contribution in [2.75, 3.05) is 7.11 Å². The Kier molecular flexibility index (Phi) is 4.24. The van der Waals surface area contributed by atoms with E-state index in [9.17, 15) is 0 Å². The summed E-state index contributed by atoms with van der Waals surface area (Å²) in [6.45, 7) is 4.14. The fourth-order valence-corrected chi connectivity index (χ4v) is 2.08. The summed E-state index contributed by atoms with van der Waals surface area (Å²) >= 11 is 0. The fraction of sp³-hybridized carbons (Fsp3) is 0.467. The molecule has 1 aromatic carbocycles. The number of hydrogen-bond donors (Lipinski definition) is 2. The first-order chi connectivity index (χ1) is 9.05. The maximum absolute atomic E-state index is 5.84. The maximum Gasteiger partial charge on any atom is 0.134 e. The van der Waals surface area contributed by atoms with Gasteiger partial charge in [0.2, 0.25) is 0 Å². The number of fused-ring (bicyclic) bond motifs is 1. The Hall–Kier alpha value is -1.36. The van der Waals surface area contributed by atoms with E-state index in [0.717, 1.165) is 29.6 Å². The number of hydrazine groups is 1. The molecule has 0 aliphatic heterocycles. The largest absolute Gasteiger partial charge is 0.459 e. The van der Waals surface area contributed by atoms with Gasteiger partial charge in [-0.1, -0.05) is 18.2 Å². The molecular weight excluding hydrogens is 240 g/mol. The van der Waals surface area contributed by atoms with Crippen molar-refractivity contribution in [3.63, 3.8) is 0 Å². The Balaban J connectivity index is 2.13. The zero-order chi connectivity index (χ0) is 13.9. The lowest BCUT2D eigenvalue weighted by molar-refractivity contribution is 0.0112. The average molecular weight is 262 g/mol. The minimum Gasteiger partial charge on any atom is -0.459 e. The third-order valence-electron chi connectivity index (χ3n) is 3.58. The predicted octanol–water partition coefficient (Wildman–Crippen LogP) is 3.14. The summed E-state index contributed by atoms with van der Waals surface area (Å²) in [5, 5.41) is 1.10. The molecule has 0 bridgehead atoms. The first kappa shape index (κ1) is 14.1. The van der Waals surface area contributed by atoms with E-state index >= 15 is 0 Å². The summed E-state index contributed by atoms with van der Waals surface area (Å²) in [5.41, 5.74) is 3.57. The zero-order valence-corrected chi connectivity index (χ0v) is 11.8. The molecule has 1 unspecified atom stereocenters. The van der Waals surface area contributed by atoms with Crippen LogP contribution in [0.25, 0.3) is 11.0 Å². The zero-order valence-electron chi connectivity index (χ0n) is 11.8. The smallest absolute Gasteiger partial charge is 0.134 e. The van der Waals surface area contributed by atoms with E-state index in [2.05, 4.69) is 19.3 Å². The van der Waals surface area contributed by atoms with Gasteiger partial charge in [0.1, 0.15) is 11.3 Å². The molecule has 3 N–H and O–H groups in total. The van der Waals surface area contributed by atoms with Gasteiger partial charge in [-0.05, 0) is 38.8 Å². The van der Waals surface area contributed by atoms with Crippen molar-refractivity contribution >= 4 is 11.0 Å². The lowest BCUT2D eigenvalue weighted by Crippen LogP contribution is -2.31. The standard InChI is InChI=1S/C15H22N2O2/c1-15(2,18-3)9-8-12(17-16)14-10-11-6-4-5-7-13(11)19-14/h4-7,10,12,17H,8-9,16H2,1-3H3. The number of hydrogen-bond acceptors (Lipinski definition) is 4. The van der Waals surface area contributed by atoms with Crippen LogP contribution < -0.4 is 11.3 Å². The molecule has 104 valence electrons. The van der Waals surface area contributed by atoms with Crippen molar-refractivity contribution in [2.24, 2.45) is 5.84 Å². The molecule has 0 radical (unpaired) electrons. The first-order valence-corrected chi connectivity index (χ1v) is 6.55. The van der Waals surface area contributed by atoms with Crippen LogP contribution in [0.2, 0.25) is 0 Å². The molecule has 0 aliphatic rings. The molecular formula is C15H22N2O2. The van der Waals surface area contributed by atoms with Crippen LogP contribution in [0.3, 0.4) is 0 Å². The number of methoxy groups -OCH3 is 1. The fourth-order valence-electron chi connectivity index (χ4n) is 2.08. The monoisotopic (exact) mass is 262 g/mol. The number of nitrogens with two attached hydrogens (primary N) is 1. The van der Waals surface area contributed by atoms with Crippen molar-refractivity contribution in [1.29, 1.82) is 0 Å². The number of ether oxygens (including phenoxy) is 1. The van der Waals surface area contributed by atoms with Gasteiger partial charge in [0.05, 0.1) is 11.6 Å². The third kappa shape index (κ3) is 3.35. The third-order valence-corrected chi connectivity index (χ3v) is 3.58. The van der Waals surface area contributed by atoms with Crippen LogP contribution in [0.15, 0.2) is 34.7 Å². The molecule has 0 saturated carbocycles. The highest BCUT2D eigenvalue weighted by molar-refractivity contribution is 5.77. The van der Waals surface area contributed by atoms with Gasteiger partial charge in [0.25, 0.3) is 0 Å². The Labute approximate surface area is 113 Å². The second kappa shape index (κ2) is 5.74. The van der Waals surface area contributed by atoms with E-state index in [-0.39, 0.29) is 11.6 Å². The van der Waals surface area contributed by atoms with Crippen molar-refractivity contribution in [2.45, 2.75) is 38.3 Å². The molecule has 2 aromatic rings. The summed E-state index contributed by atoms with van der Waals surface area (Å²) in [6.07, 6.45) is 1.76. The van der Waals surface area contributed by atoms with Crippen molar-refractivity contribution in [1.82, 2.24) is 5.43 Å². The van der Waals surface area contributed by atoms with E-state index < -0.39 is 0 Å². The Morgan fingerprint density at radius 1 is 1.37 bits per heavy atom. The number of benzene rings is 1. The summed E-state index contributed by atoms with van der Waals surface area (Å²) < 4.78 is 11.3. The Morgan fingerprint density at radius 2 is 2.11 bits per heavy atom. The van der Waals surface area contributed by atoms with Gasteiger partial charge in [0.15, 0.2) is 0 Å². The maximum atomic E-state index is 5.84. The summed E-state index contributed by atoms with van der Waals surface area (Å²) in [4.78, 5) is 0. The van der Waals surface area contributed by atoms with Gasteiger partial charge in [-0.3, -0.25) is 5.84 Å². The number of rotatable bonds is 6. The molecule has 19 heavy (non-hydrogen) atoms. The molecule has 0 saturated heterocycles. The van der Waals surface area contributed by atoms with Crippen molar-refractivity contribution < 1.29 is 9.15 Å². The van der Waals surface area contributed by atoms with Crippen molar-refractivity contribution in [3.8, 4) is 0 Å². The van der Waals surface area contributed by atoms with Crippen LogP contribution in [-0.4, -0.2) is 12.7 Å². The molecule has 2 rings (SSSR count). The molecule has 1 atom stereocenters. The molecule has 0 spiro atoms. The van der Waals surface area contributed by atoms with Gasteiger partial charge < -0.3 is 9.15 Å². The topological polar surface area (TPSA) is 60.4 Å². The van der Waals surface area contributed by atoms with E-state index in [4.69, 9.17) is 15.0 Å². The molecule has 1 heterocycles. The molecule has 4 nitrogen and oxygen atoms in total. The lowest BCUT2D eigenvalue weighted by Gasteiger charge is -2.24. The quantitative estimate of drug-likeness (QED) is 0.620. The van der Waals surface area contributed by atoms with E-state index in [0.29, 0.717) is 0 Å². The highest BCUT2D eigenvalue weighted by Crippen LogP contribution is 2.28. The molecule has 0 aliphatic carbocycles.